The van der Waals surface area contributed by atoms with E-state index in [9.17, 15) is 4.79 Å². The summed E-state index contributed by atoms with van der Waals surface area (Å²) in [5, 5.41) is 6.10. The van der Waals surface area contributed by atoms with Crippen LogP contribution in [-0.2, 0) is 4.79 Å². The van der Waals surface area contributed by atoms with Crippen molar-refractivity contribution in [3.8, 4) is 0 Å². The van der Waals surface area contributed by atoms with Crippen LogP contribution in [0.5, 0.6) is 0 Å². The SMILES string of the molecule is CC(C)CC(CCNCCC(=O)NCCN)N(C)C. The molecule has 0 aromatic rings. The maximum absolute atomic E-state index is 11.3. The van der Waals surface area contributed by atoms with Crippen molar-refractivity contribution >= 4 is 5.91 Å². The lowest BCUT2D eigenvalue weighted by Crippen LogP contribution is -2.34. The molecule has 4 N–H and O–H groups in total. The molecule has 0 rings (SSSR count). The predicted molar refractivity (Wildman–Crippen MR) is 81.1 cm³/mol. The first kappa shape index (κ1) is 18.4. The molecule has 0 aliphatic rings. The van der Waals surface area contributed by atoms with Gasteiger partial charge in [0.25, 0.3) is 0 Å². The molecule has 5 nitrogen and oxygen atoms in total. The number of nitrogens with zero attached hydrogens (tertiary/aromatic N) is 1. The summed E-state index contributed by atoms with van der Waals surface area (Å²) in [6, 6.07) is 0.610. The topological polar surface area (TPSA) is 70.4 Å². The van der Waals surface area contributed by atoms with Crippen LogP contribution in [0.1, 0.15) is 33.1 Å². The lowest BCUT2D eigenvalue weighted by atomic mass is 10.0. The highest BCUT2D eigenvalue weighted by Gasteiger charge is 2.12. The zero-order valence-electron chi connectivity index (χ0n) is 13.0. The molecule has 0 aromatic heterocycles. The third-order valence-corrected chi connectivity index (χ3v) is 3.12. The van der Waals surface area contributed by atoms with Gasteiger partial charge in [-0.3, -0.25) is 4.79 Å². The molecule has 0 fully saturated rings. The van der Waals surface area contributed by atoms with Crippen LogP contribution >= 0.6 is 0 Å². The van der Waals surface area contributed by atoms with E-state index < -0.39 is 0 Å². The average Bonchev–Trinajstić information content (AvgIpc) is 2.33. The minimum Gasteiger partial charge on any atom is -0.355 e. The molecular formula is C14H32N4O. The smallest absolute Gasteiger partial charge is 0.221 e. The second-order valence-electron chi connectivity index (χ2n) is 5.67. The van der Waals surface area contributed by atoms with Gasteiger partial charge in [-0.2, -0.15) is 0 Å². The molecule has 0 bridgehead atoms. The highest BCUT2D eigenvalue weighted by atomic mass is 16.1. The van der Waals surface area contributed by atoms with E-state index in [2.05, 4.69) is 43.5 Å². The summed E-state index contributed by atoms with van der Waals surface area (Å²) in [7, 11) is 4.26. The number of hydrogen-bond acceptors (Lipinski definition) is 4. The summed E-state index contributed by atoms with van der Waals surface area (Å²) < 4.78 is 0. The van der Waals surface area contributed by atoms with E-state index in [4.69, 9.17) is 5.73 Å². The molecule has 0 saturated carbocycles. The summed E-state index contributed by atoms with van der Waals surface area (Å²) in [6.07, 6.45) is 2.86. The minimum absolute atomic E-state index is 0.0734. The Morgan fingerprint density at radius 3 is 2.42 bits per heavy atom. The Kier molecular flexibility index (Phi) is 10.8. The molecule has 1 atom stereocenters. The predicted octanol–water partition coefficient (Wildman–Crippen LogP) is 0.407. The first-order valence-electron chi connectivity index (χ1n) is 7.31. The fraction of sp³-hybridized carbons (Fsp3) is 0.929. The van der Waals surface area contributed by atoms with E-state index in [1.54, 1.807) is 0 Å². The fourth-order valence-electron chi connectivity index (χ4n) is 2.03. The molecule has 0 saturated heterocycles. The highest BCUT2D eigenvalue weighted by molar-refractivity contribution is 5.76. The zero-order chi connectivity index (χ0) is 14.7. The molecule has 0 aliphatic heterocycles. The third-order valence-electron chi connectivity index (χ3n) is 3.12. The highest BCUT2D eigenvalue weighted by Crippen LogP contribution is 2.11. The molecule has 19 heavy (non-hydrogen) atoms. The lowest BCUT2D eigenvalue weighted by molar-refractivity contribution is -0.120. The van der Waals surface area contributed by atoms with Crippen molar-refractivity contribution < 1.29 is 4.79 Å². The summed E-state index contributed by atoms with van der Waals surface area (Å²) in [5.41, 5.74) is 5.32. The Bertz CT molecular complexity index is 231. The largest absolute Gasteiger partial charge is 0.355 e. The van der Waals surface area contributed by atoms with Gasteiger partial charge in [0.15, 0.2) is 0 Å². The van der Waals surface area contributed by atoms with Gasteiger partial charge in [0.05, 0.1) is 0 Å². The van der Waals surface area contributed by atoms with Crippen LogP contribution in [0.3, 0.4) is 0 Å². The Balaban J connectivity index is 3.62. The number of hydrogen-bond donors (Lipinski definition) is 3. The van der Waals surface area contributed by atoms with E-state index in [1.807, 2.05) is 0 Å². The maximum Gasteiger partial charge on any atom is 0.221 e. The molecule has 0 radical (unpaired) electrons. The third kappa shape index (κ3) is 10.9. The Hall–Kier alpha value is -0.650. The number of rotatable bonds is 11. The molecule has 0 spiro atoms. The Labute approximate surface area is 118 Å². The summed E-state index contributed by atoms with van der Waals surface area (Å²) >= 11 is 0. The quantitative estimate of drug-likeness (QED) is 0.476. The van der Waals surface area contributed by atoms with E-state index in [0.717, 1.165) is 25.4 Å². The molecule has 114 valence electrons. The van der Waals surface area contributed by atoms with Crippen molar-refractivity contribution in [3.63, 3.8) is 0 Å². The van der Waals surface area contributed by atoms with Crippen LogP contribution in [0.4, 0.5) is 0 Å². The Morgan fingerprint density at radius 2 is 1.89 bits per heavy atom. The number of amides is 1. The number of carbonyl (C=O) groups is 1. The zero-order valence-corrected chi connectivity index (χ0v) is 13.0. The minimum atomic E-state index is 0.0734. The van der Waals surface area contributed by atoms with Crippen LogP contribution in [0.2, 0.25) is 0 Å². The van der Waals surface area contributed by atoms with Gasteiger partial charge in [0, 0.05) is 32.1 Å². The number of nitrogens with one attached hydrogen (secondary N) is 2. The van der Waals surface area contributed by atoms with E-state index in [-0.39, 0.29) is 5.91 Å². The standard InChI is InChI=1S/C14H32N4O/c1-12(2)11-13(18(3)4)5-8-16-9-6-14(19)17-10-7-15/h12-13,16H,5-11,15H2,1-4H3,(H,17,19). The summed E-state index contributed by atoms with van der Waals surface area (Å²) in [4.78, 5) is 13.6. The molecule has 1 unspecified atom stereocenters. The van der Waals surface area contributed by atoms with Crippen LogP contribution < -0.4 is 16.4 Å². The normalized spacial score (nSPS) is 13.0. The van der Waals surface area contributed by atoms with Crippen molar-refractivity contribution in [1.29, 1.82) is 0 Å². The van der Waals surface area contributed by atoms with E-state index in [1.165, 1.54) is 6.42 Å². The molecule has 0 aromatic carbocycles. The van der Waals surface area contributed by atoms with Gasteiger partial charge in [0.2, 0.25) is 5.91 Å². The molecule has 1 amide bonds. The average molecular weight is 272 g/mol. The van der Waals surface area contributed by atoms with Gasteiger partial charge in [0.1, 0.15) is 0 Å². The van der Waals surface area contributed by atoms with Gasteiger partial charge in [-0.25, -0.2) is 0 Å². The number of carbonyl (C=O) groups excluding carboxylic acids is 1. The van der Waals surface area contributed by atoms with Crippen LogP contribution in [0, 0.1) is 5.92 Å². The molecule has 5 heteroatoms. The molecule has 0 heterocycles. The maximum atomic E-state index is 11.3. The van der Waals surface area contributed by atoms with Crippen molar-refractivity contribution in [2.75, 3.05) is 40.3 Å². The second kappa shape index (κ2) is 11.2. The number of nitrogens with two attached hydrogens (primary N) is 1. The van der Waals surface area contributed by atoms with Gasteiger partial charge in [-0.05, 0) is 39.4 Å². The first-order chi connectivity index (χ1) is 8.97. The van der Waals surface area contributed by atoms with Crippen molar-refractivity contribution in [2.45, 2.75) is 39.2 Å². The van der Waals surface area contributed by atoms with Gasteiger partial charge >= 0.3 is 0 Å². The van der Waals surface area contributed by atoms with Crippen molar-refractivity contribution in [3.05, 3.63) is 0 Å². The van der Waals surface area contributed by atoms with Crippen LogP contribution in [-0.4, -0.2) is 57.1 Å². The Morgan fingerprint density at radius 1 is 1.21 bits per heavy atom. The van der Waals surface area contributed by atoms with Crippen molar-refractivity contribution in [2.24, 2.45) is 11.7 Å². The monoisotopic (exact) mass is 272 g/mol. The van der Waals surface area contributed by atoms with Crippen LogP contribution in [0.25, 0.3) is 0 Å². The summed E-state index contributed by atoms with van der Waals surface area (Å²) in [5.74, 6) is 0.790. The van der Waals surface area contributed by atoms with Crippen molar-refractivity contribution in [1.82, 2.24) is 15.5 Å². The second-order valence-corrected chi connectivity index (χ2v) is 5.67. The van der Waals surface area contributed by atoms with Gasteiger partial charge in [-0.15, -0.1) is 0 Å². The first-order valence-corrected chi connectivity index (χ1v) is 7.31. The van der Waals surface area contributed by atoms with E-state index in [0.29, 0.717) is 25.6 Å². The van der Waals surface area contributed by atoms with E-state index >= 15 is 0 Å². The van der Waals surface area contributed by atoms with Crippen LogP contribution in [0.15, 0.2) is 0 Å². The summed E-state index contributed by atoms with van der Waals surface area (Å²) in [6.45, 7) is 7.27. The molecule has 0 aliphatic carbocycles. The van der Waals surface area contributed by atoms with Gasteiger partial charge < -0.3 is 21.3 Å². The van der Waals surface area contributed by atoms with Gasteiger partial charge in [-0.1, -0.05) is 13.8 Å². The molecular weight excluding hydrogens is 240 g/mol. The fourth-order valence-corrected chi connectivity index (χ4v) is 2.03. The lowest BCUT2D eigenvalue weighted by Gasteiger charge is -2.26.